The quantitative estimate of drug-likeness (QED) is 0.518. The molecule has 1 amide bonds. The van der Waals surface area contributed by atoms with Gasteiger partial charge in [-0.05, 0) is 80.4 Å². The van der Waals surface area contributed by atoms with Crippen LogP contribution in [0.5, 0.6) is 5.75 Å². The molecule has 31 heavy (non-hydrogen) atoms. The summed E-state index contributed by atoms with van der Waals surface area (Å²) in [6, 6.07) is 16.4. The standard InChI is InChI=1S/C24H24N4O3/c1-4-31-20-11-8-18(9-12-20)26-22(29)15-27-23-21(6-5-13-25-23)24(30)28(27)19-10-7-16(2)17(3)14-19/h5-14H,4,15H2,1-3H3,(H,26,29). The fraction of sp³-hybridized carbons (Fsp3) is 0.208. The Labute approximate surface area is 179 Å². The number of hydrogen-bond acceptors (Lipinski definition) is 4. The second-order valence-corrected chi connectivity index (χ2v) is 7.32. The molecule has 7 nitrogen and oxygen atoms in total. The van der Waals surface area contributed by atoms with Crippen LogP contribution in [0, 0.1) is 13.8 Å². The summed E-state index contributed by atoms with van der Waals surface area (Å²) in [4.78, 5) is 30.4. The number of aryl methyl sites for hydroxylation is 2. The lowest BCUT2D eigenvalue weighted by molar-refractivity contribution is -0.116. The van der Waals surface area contributed by atoms with E-state index < -0.39 is 0 Å². The van der Waals surface area contributed by atoms with Crippen LogP contribution in [-0.2, 0) is 11.3 Å². The van der Waals surface area contributed by atoms with Crippen molar-refractivity contribution < 1.29 is 9.53 Å². The zero-order chi connectivity index (χ0) is 22.0. The second kappa shape index (κ2) is 8.47. The van der Waals surface area contributed by atoms with Crippen LogP contribution in [0.25, 0.3) is 16.7 Å². The Balaban J connectivity index is 1.70. The normalized spacial score (nSPS) is 10.9. The lowest BCUT2D eigenvalue weighted by atomic mass is 10.1. The summed E-state index contributed by atoms with van der Waals surface area (Å²) in [5.41, 5.74) is 3.80. The van der Waals surface area contributed by atoms with Gasteiger partial charge < -0.3 is 10.1 Å². The number of ether oxygens (including phenoxy) is 1. The van der Waals surface area contributed by atoms with E-state index in [0.717, 1.165) is 16.9 Å². The van der Waals surface area contributed by atoms with Crippen molar-refractivity contribution in [1.29, 1.82) is 0 Å². The highest BCUT2D eigenvalue weighted by atomic mass is 16.5. The highest BCUT2D eigenvalue weighted by Crippen LogP contribution is 2.18. The van der Waals surface area contributed by atoms with E-state index in [1.165, 1.54) is 4.68 Å². The van der Waals surface area contributed by atoms with E-state index >= 15 is 0 Å². The molecule has 0 fully saturated rings. The van der Waals surface area contributed by atoms with Gasteiger partial charge in [0.2, 0.25) is 5.91 Å². The summed E-state index contributed by atoms with van der Waals surface area (Å²) in [7, 11) is 0. The number of rotatable bonds is 6. The van der Waals surface area contributed by atoms with E-state index in [1.807, 2.05) is 39.0 Å². The molecule has 4 aromatic rings. The van der Waals surface area contributed by atoms with Crippen LogP contribution < -0.4 is 15.6 Å². The topological polar surface area (TPSA) is 78.2 Å². The SMILES string of the molecule is CCOc1ccc(NC(=O)Cn2c3ncccc3c(=O)n2-c2ccc(C)c(C)c2)cc1. The van der Waals surface area contributed by atoms with Gasteiger partial charge in [0.1, 0.15) is 12.3 Å². The molecule has 2 aromatic heterocycles. The number of aromatic nitrogens is 3. The van der Waals surface area contributed by atoms with Gasteiger partial charge in [0.25, 0.3) is 5.56 Å². The van der Waals surface area contributed by atoms with Crippen molar-refractivity contribution in [3.8, 4) is 11.4 Å². The third-order valence-corrected chi connectivity index (χ3v) is 5.17. The minimum absolute atomic E-state index is 0.0596. The van der Waals surface area contributed by atoms with Crippen LogP contribution in [0.2, 0.25) is 0 Å². The fourth-order valence-electron chi connectivity index (χ4n) is 3.49. The van der Waals surface area contributed by atoms with Crippen LogP contribution in [0.1, 0.15) is 18.1 Å². The molecule has 0 bridgehead atoms. The molecule has 0 radical (unpaired) electrons. The predicted octanol–water partition coefficient (Wildman–Crippen LogP) is 3.84. The molecular weight excluding hydrogens is 392 g/mol. The molecule has 0 aliphatic heterocycles. The third kappa shape index (κ3) is 4.07. The number of nitrogens with one attached hydrogen (secondary N) is 1. The zero-order valence-corrected chi connectivity index (χ0v) is 17.8. The van der Waals surface area contributed by atoms with Gasteiger partial charge in [-0.25, -0.2) is 9.67 Å². The molecule has 0 aliphatic rings. The Morgan fingerprint density at radius 2 is 1.84 bits per heavy atom. The van der Waals surface area contributed by atoms with Crippen molar-refractivity contribution in [1.82, 2.24) is 14.3 Å². The third-order valence-electron chi connectivity index (χ3n) is 5.17. The van der Waals surface area contributed by atoms with Crippen molar-refractivity contribution in [2.45, 2.75) is 27.3 Å². The van der Waals surface area contributed by atoms with Gasteiger partial charge in [-0.2, -0.15) is 0 Å². The lowest BCUT2D eigenvalue weighted by Crippen LogP contribution is -2.27. The first-order valence-electron chi connectivity index (χ1n) is 10.1. The Morgan fingerprint density at radius 3 is 2.55 bits per heavy atom. The summed E-state index contributed by atoms with van der Waals surface area (Å²) >= 11 is 0. The van der Waals surface area contributed by atoms with E-state index in [1.54, 1.807) is 47.3 Å². The average molecular weight is 416 g/mol. The monoisotopic (exact) mass is 416 g/mol. The molecule has 158 valence electrons. The lowest BCUT2D eigenvalue weighted by Gasteiger charge is -2.14. The molecule has 4 rings (SSSR count). The number of fused-ring (bicyclic) bond motifs is 1. The van der Waals surface area contributed by atoms with Crippen LogP contribution in [0.3, 0.4) is 0 Å². The van der Waals surface area contributed by atoms with Crippen LogP contribution in [0.15, 0.2) is 65.6 Å². The van der Waals surface area contributed by atoms with Crippen LogP contribution in [0.4, 0.5) is 5.69 Å². The maximum Gasteiger partial charge on any atom is 0.280 e. The van der Waals surface area contributed by atoms with Gasteiger partial charge in [0.15, 0.2) is 5.65 Å². The van der Waals surface area contributed by atoms with Gasteiger partial charge in [-0.3, -0.25) is 14.3 Å². The molecule has 0 spiro atoms. The molecule has 0 unspecified atom stereocenters. The van der Waals surface area contributed by atoms with E-state index in [9.17, 15) is 9.59 Å². The number of amides is 1. The zero-order valence-electron chi connectivity index (χ0n) is 17.8. The second-order valence-electron chi connectivity index (χ2n) is 7.32. The van der Waals surface area contributed by atoms with Crippen molar-refractivity contribution in [2.75, 3.05) is 11.9 Å². The van der Waals surface area contributed by atoms with Crippen LogP contribution in [-0.4, -0.2) is 26.9 Å². The molecule has 7 heteroatoms. The molecular formula is C24H24N4O3. The maximum atomic E-state index is 13.1. The van der Waals surface area contributed by atoms with Gasteiger partial charge in [0, 0.05) is 11.9 Å². The summed E-state index contributed by atoms with van der Waals surface area (Å²) < 4.78 is 8.56. The van der Waals surface area contributed by atoms with E-state index in [0.29, 0.717) is 29.0 Å². The summed E-state index contributed by atoms with van der Waals surface area (Å²) in [6.07, 6.45) is 1.62. The number of carbonyl (C=O) groups is 1. The number of nitrogens with zero attached hydrogens (tertiary/aromatic N) is 3. The smallest absolute Gasteiger partial charge is 0.280 e. The van der Waals surface area contributed by atoms with Gasteiger partial charge in [-0.15, -0.1) is 0 Å². The van der Waals surface area contributed by atoms with Gasteiger partial charge in [0.05, 0.1) is 17.7 Å². The Bertz CT molecular complexity index is 1300. The average Bonchev–Trinajstić information content (AvgIpc) is 3.03. The highest BCUT2D eigenvalue weighted by Gasteiger charge is 2.18. The minimum atomic E-state index is -0.260. The molecule has 0 atom stereocenters. The van der Waals surface area contributed by atoms with E-state index in [-0.39, 0.29) is 18.0 Å². The number of hydrogen-bond donors (Lipinski definition) is 1. The summed E-state index contributed by atoms with van der Waals surface area (Å²) in [5.74, 6) is 0.481. The number of benzene rings is 2. The Hall–Kier alpha value is -3.87. The molecule has 0 saturated carbocycles. The van der Waals surface area contributed by atoms with Crippen LogP contribution >= 0.6 is 0 Å². The molecule has 0 saturated heterocycles. The first kappa shape index (κ1) is 20.4. The summed E-state index contributed by atoms with van der Waals surface area (Å²) in [6.45, 7) is 6.45. The van der Waals surface area contributed by atoms with E-state index in [4.69, 9.17) is 4.74 Å². The van der Waals surface area contributed by atoms with Crippen molar-refractivity contribution in [3.63, 3.8) is 0 Å². The fourth-order valence-corrected chi connectivity index (χ4v) is 3.49. The first-order chi connectivity index (χ1) is 15.0. The van der Waals surface area contributed by atoms with Crippen molar-refractivity contribution >= 4 is 22.6 Å². The van der Waals surface area contributed by atoms with Gasteiger partial charge in [-0.1, -0.05) is 6.07 Å². The minimum Gasteiger partial charge on any atom is -0.494 e. The first-order valence-corrected chi connectivity index (χ1v) is 10.1. The number of carbonyl (C=O) groups excluding carboxylic acids is 1. The highest BCUT2D eigenvalue weighted by molar-refractivity contribution is 5.91. The maximum absolute atomic E-state index is 13.1. The van der Waals surface area contributed by atoms with Crippen molar-refractivity contribution in [3.05, 3.63) is 82.3 Å². The van der Waals surface area contributed by atoms with Crippen molar-refractivity contribution in [2.24, 2.45) is 0 Å². The molecule has 1 N–H and O–H groups in total. The molecule has 2 aromatic carbocycles. The predicted molar refractivity (Wildman–Crippen MR) is 121 cm³/mol. The Kier molecular flexibility index (Phi) is 5.58. The van der Waals surface area contributed by atoms with E-state index in [2.05, 4.69) is 10.3 Å². The molecule has 2 heterocycles. The number of pyridine rings is 1. The van der Waals surface area contributed by atoms with Gasteiger partial charge >= 0.3 is 0 Å². The molecule has 0 aliphatic carbocycles. The largest absolute Gasteiger partial charge is 0.494 e. The number of anilines is 1. The Morgan fingerprint density at radius 1 is 1.06 bits per heavy atom. The summed E-state index contributed by atoms with van der Waals surface area (Å²) in [5, 5.41) is 3.34.